The highest BCUT2D eigenvalue weighted by atomic mass is 19.4. The van der Waals surface area contributed by atoms with Gasteiger partial charge >= 0.3 is 12.1 Å². The standard InChI is InChI=1S/C36H45F4N3O5/c1-47-21-25-18-42(19-30(25)29-12-9-26(36(38,39)40)17-32(29)41-15-13-24(14-16-41)33(44)45)34(46)35(37)22-43(27-5-3-4-6-27)20-31(35)23-7-10-28(48-2)11-8-23/h7-12,17,24-25,27,30-31H,3-6,13-16,18-22H2,1-2H3,(H,44,45)/t25?,30-,31-,35-/m0/s1. The van der Waals surface area contributed by atoms with Crippen molar-refractivity contribution < 1.29 is 41.7 Å². The molecule has 6 rings (SSSR count). The zero-order valence-corrected chi connectivity index (χ0v) is 27.6. The number of benzene rings is 2. The lowest BCUT2D eigenvalue weighted by molar-refractivity contribution is -0.143. The molecule has 1 N–H and O–H groups in total. The molecular weight excluding hydrogens is 630 g/mol. The Kier molecular flexibility index (Phi) is 9.95. The Balaban J connectivity index is 1.31. The number of piperidine rings is 1. The fourth-order valence-electron chi connectivity index (χ4n) is 8.53. The van der Waals surface area contributed by atoms with Crippen LogP contribution in [0.2, 0.25) is 0 Å². The third-order valence-electron chi connectivity index (χ3n) is 11.2. The largest absolute Gasteiger partial charge is 0.497 e. The molecule has 1 aliphatic carbocycles. The second kappa shape index (κ2) is 13.9. The number of hydrogen-bond acceptors (Lipinski definition) is 6. The fourth-order valence-corrected chi connectivity index (χ4v) is 8.53. The Bertz CT molecular complexity index is 1460. The number of nitrogens with zero attached hydrogens (tertiary/aromatic N) is 3. The average molecular weight is 676 g/mol. The fraction of sp³-hybridized carbons (Fsp3) is 0.611. The van der Waals surface area contributed by atoms with Gasteiger partial charge in [0, 0.05) is 75.9 Å². The number of rotatable bonds is 9. The van der Waals surface area contributed by atoms with E-state index in [4.69, 9.17) is 9.47 Å². The third kappa shape index (κ3) is 6.75. The van der Waals surface area contributed by atoms with Crippen LogP contribution in [0.1, 0.15) is 67.1 Å². The number of ether oxygens (including phenoxy) is 2. The van der Waals surface area contributed by atoms with Crippen LogP contribution in [-0.4, -0.2) is 98.6 Å². The number of carbonyl (C=O) groups is 2. The SMILES string of the molecule is COCC1CN(C(=O)[C@]2(F)CN(C3CCCC3)C[C@H]2c2ccc(OC)cc2)C[C@@H]1c1ccc(C(F)(F)F)cc1N1CCC(C(=O)O)CC1. The summed E-state index contributed by atoms with van der Waals surface area (Å²) in [5, 5.41) is 9.49. The Morgan fingerprint density at radius 3 is 2.25 bits per heavy atom. The summed E-state index contributed by atoms with van der Waals surface area (Å²) in [7, 11) is 3.11. The van der Waals surface area contributed by atoms with Crippen LogP contribution in [0.15, 0.2) is 42.5 Å². The van der Waals surface area contributed by atoms with Gasteiger partial charge in [0.25, 0.3) is 5.91 Å². The van der Waals surface area contributed by atoms with Crippen LogP contribution in [0.25, 0.3) is 0 Å². The first kappa shape index (κ1) is 34.5. The van der Waals surface area contributed by atoms with Gasteiger partial charge < -0.3 is 24.4 Å². The summed E-state index contributed by atoms with van der Waals surface area (Å²) in [6.07, 6.45) is 0.173. The highest BCUT2D eigenvalue weighted by Gasteiger charge is 2.57. The molecule has 3 heterocycles. The van der Waals surface area contributed by atoms with E-state index in [1.807, 2.05) is 17.0 Å². The van der Waals surface area contributed by atoms with Crippen LogP contribution in [-0.2, 0) is 20.5 Å². The van der Waals surface area contributed by atoms with Gasteiger partial charge in [-0.3, -0.25) is 14.5 Å². The zero-order valence-electron chi connectivity index (χ0n) is 27.6. The molecule has 8 nitrogen and oxygen atoms in total. The van der Waals surface area contributed by atoms with Gasteiger partial charge in [-0.1, -0.05) is 31.0 Å². The van der Waals surface area contributed by atoms with E-state index in [1.165, 1.54) is 6.07 Å². The molecule has 4 aliphatic rings. The Morgan fingerprint density at radius 2 is 1.65 bits per heavy atom. The van der Waals surface area contributed by atoms with E-state index >= 15 is 4.39 Å². The minimum absolute atomic E-state index is 0.00659. The van der Waals surface area contributed by atoms with Gasteiger partial charge in [-0.2, -0.15) is 13.2 Å². The van der Waals surface area contributed by atoms with E-state index in [-0.39, 0.29) is 38.2 Å². The average Bonchev–Trinajstić information content (AvgIpc) is 3.84. The molecule has 3 aliphatic heterocycles. The number of carbonyl (C=O) groups excluding carboxylic acids is 1. The van der Waals surface area contributed by atoms with Gasteiger partial charge in [-0.05, 0) is 61.1 Å². The van der Waals surface area contributed by atoms with Gasteiger partial charge in [-0.15, -0.1) is 0 Å². The minimum Gasteiger partial charge on any atom is -0.497 e. The summed E-state index contributed by atoms with van der Waals surface area (Å²) in [5.74, 6) is -2.78. The second-order valence-electron chi connectivity index (χ2n) is 14.0. The van der Waals surface area contributed by atoms with Crippen molar-refractivity contribution >= 4 is 17.6 Å². The first-order valence-corrected chi connectivity index (χ1v) is 17.0. The molecule has 48 heavy (non-hydrogen) atoms. The van der Waals surface area contributed by atoms with Crippen LogP contribution in [0.3, 0.4) is 0 Å². The number of carboxylic acids is 1. The number of anilines is 1. The smallest absolute Gasteiger partial charge is 0.416 e. The van der Waals surface area contributed by atoms with Crippen LogP contribution in [0.4, 0.5) is 23.2 Å². The molecule has 2 aromatic carbocycles. The van der Waals surface area contributed by atoms with Crippen molar-refractivity contribution in [3.63, 3.8) is 0 Å². The monoisotopic (exact) mass is 675 g/mol. The van der Waals surface area contributed by atoms with Crippen molar-refractivity contribution in [1.29, 1.82) is 0 Å². The van der Waals surface area contributed by atoms with Crippen molar-refractivity contribution in [2.45, 2.75) is 68.2 Å². The summed E-state index contributed by atoms with van der Waals surface area (Å²) in [4.78, 5) is 31.6. The summed E-state index contributed by atoms with van der Waals surface area (Å²) in [6.45, 7) is 1.60. The number of carboxylic acid groups (broad SMARTS) is 1. The lowest BCUT2D eigenvalue weighted by Crippen LogP contribution is -2.50. The summed E-state index contributed by atoms with van der Waals surface area (Å²) in [6, 6.07) is 11.1. The molecule has 262 valence electrons. The lowest BCUT2D eigenvalue weighted by Gasteiger charge is -2.35. The van der Waals surface area contributed by atoms with Crippen LogP contribution in [0, 0.1) is 11.8 Å². The summed E-state index contributed by atoms with van der Waals surface area (Å²) < 4.78 is 70.3. The molecule has 0 aromatic heterocycles. The second-order valence-corrected chi connectivity index (χ2v) is 14.0. The minimum atomic E-state index is -4.57. The van der Waals surface area contributed by atoms with Crippen molar-refractivity contribution in [1.82, 2.24) is 9.80 Å². The highest BCUT2D eigenvalue weighted by Crippen LogP contribution is 2.47. The zero-order chi connectivity index (χ0) is 34.2. The summed E-state index contributed by atoms with van der Waals surface area (Å²) >= 11 is 0. The van der Waals surface area contributed by atoms with E-state index in [0.717, 1.165) is 43.4 Å². The molecule has 1 amide bonds. The van der Waals surface area contributed by atoms with Crippen LogP contribution >= 0.6 is 0 Å². The maximum atomic E-state index is 17.6. The molecule has 12 heteroatoms. The van der Waals surface area contributed by atoms with Gasteiger partial charge in [-0.25, -0.2) is 4.39 Å². The van der Waals surface area contributed by atoms with Crippen LogP contribution < -0.4 is 9.64 Å². The third-order valence-corrected chi connectivity index (χ3v) is 11.2. The van der Waals surface area contributed by atoms with E-state index in [0.29, 0.717) is 49.5 Å². The molecule has 1 unspecified atom stereocenters. The predicted molar refractivity (Wildman–Crippen MR) is 172 cm³/mol. The molecule has 2 aromatic rings. The van der Waals surface area contributed by atoms with Crippen molar-refractivity contribution in [3.8, 4) is 5.75 Å². The molecule has 1 saturated carbocycles. The number of alkyl halides is 4. The number of amides is 1. The quantitative estimate of drug-likeness (QED) is 0.329. The number of likely N-dealkylation sites (tertiary alicyclic amines) is 2. The Labute approximate surface area is 279 Å². The first-order chi connectivity index (χ1) is 22.9. The van der Waals surface area contributed by atoms with Gasteiger partial charge in [0.05, 0.1) is 25.2 Å². The van der Waals surface area contributed by atoms with E-state index in [2.05, 4.69) is 4.90 Å². The molecule has 0 bridgehead atoms. The first-order valence-electron chi connectivity index (χ1n) is 17.0. The topological polar surface area (TPSA) is 82.6 Å². The van der Waals surface area contributed by atoms with E-state index < -0.39 is 47.0 Å². The summed E-state index contributed by atoms with van der Waals surface area (Å²) in [5.41, 5.74) is -1.24. The Hall–Kier alpha value is -3.38. The molecule has 3 saturated heterocycles. The van der Waals surface area contributed by atoms with Crippen LogP contribution in [0.5, 0.6) is 5.75 Å². The van der Waals surface area contributed by atoms with Gasteiger partial charge in [0.1, 0.15) is 5.75 Å². The number of aliphatic carboxylic acids is 1. The Morgan fingerprint density at radius 1 is 0.958 bits per heavy atom. The van der Waals surface area contributed by atoms with E-state index in [9.17, 15) is 27.9 Å². The van der Waals surface area contributed by atoms with Crippen molar-refractivity contribution in [2.24, 2.45) is 11.8 Å². The number of hydrogen-bond donors (Lipinski definition) is 1. The van der Waals surface area contributed by atoms with Crippen molar-refractivity contribution in [2.75, 3.05) is 65.0 Å². The predicted octanol–water partition coefficient (Wildman–Crippen LogP) is 5.95. The van der Waals surface area contributed by atoms with Gasteiger partial charge in [0.15, 0.2) is 0 Å². The molecular formula is C36H45F4N3O5. The molecule has 0 radical (unpaired) electrons. The number of methoxy groups -OCH3 is 2. The lowest BCUT2D eigenvalue weighted by atomic mass is 9.85. The molecule has 4 atom stereocenters. The van der Waals surface area contributed by atoms with Crippen molar-refractivity contribution in [3.05, 3.63) is 59.2 Å². The molecule has 4 fully saturated rings. The normalized spacial score (nSPS) is 27.6. The van der Waals surface area contributed by atoms with E-state index in [1.54, 1.807) is 31.3 Å². The van der Waals surface area contributed by atoms with Gasteiger partial charge in [0.2, 0.25) is 5.67 Å². The maximum absolute atomic E-state index is 17.6. The highest BCUT2D eigenvalue weighted by molar-refractivity contribution is 5.88. The maximum Gasteiger partial charge on any atom is 0.416 e. The molecule has 0 spiro atoms. The number of halogens is 4.